The van der Waals surface area contributed by atoms with Crippen molar-refractivity contribution in [2.45, 2.75) is 26.2 Å². The van der Waals surface area contributed by atoms with Gasteiger partial charge in [-0.15, -0.1) is 5.06 Å². The minimum Gasteiger partial charge on any atom is -0.422 e. The molecule has 30 heavy (non-hydrogen) atoms. The average molecular weight is 428 g/mol. The van der Waals surface area contributed by atoms with E-state index in [2.05, 4.69) is 10.3 Å². The molecule has 0 atom stereocenters. The summed E-state index contributed by atoms with van der Waals surface area (Å²) in [7, 11) is 0. The van der Waals surface area contributed by atoms with Crippen molar-refractivity contribution in [3.63, 3.8) is 0 Å². The first-order valence-corrected chi connectivity index (χ1v) is 9.97. The number of rotatable bonds is 4. The number of hydrogen-bond donors (Lipinski definition) is 1. The molecular weight excluding hydrogens is 412 g/mol. The standard InChI is InChI=1S/C19H16N4O6S/c1-10-12-4-3-11(22-19(30-2)21-9-20)7-14(12)28-18(27)13(10)8-17(26)29-23-15(24)5-6-16(23)25/h3-4,7H,5-6,8H2,1-2H3,(H,21,22). The minimum atomic E-state index is -0.915. The fraction of sp³-hybridized carbons (Fsp3) is 0.263. The Bertz CT molecular complexity index is 1160. The van der Waals surface area contributed by atoms with Crippen LogP contribution in [0.1, 0.15) is 24.0 Å². The Kier molecular flexibility index (Phi) is 6.17. The number of amides is 2. The highest BCUT2D eigenvalue weighted by molar-refractivity contribution is 8.13. The Morgan fingerprint density at radius 3 is 2.67 bits per heavy atom. The maximum atomic E-state index is 12.4. The first-order valence-electron chi connectivity index (χ1n) is 8.74. The number of carbonyl (C=O) groups excluding carboxylic acids is 3. The SMILES string of the molecule is CSC(=Nc1ccc2c(C)c(CC(=O)ON3C(=O)CCC3=O)c(=O)oc2c1)NC#N. The topological polar surface area (TPSA) is 142 Å². The van der Waals surface area contributed by atoms with Crippen LogP contribution in [-0.4, -0.2) is 34.3 Å². The van der Waals surface area contributed by atoms with E-state index in [4.69, 9.17) is 14.5 Å². The Labute approximate surface area is 174 Å². The van der Waals surface area contributed by atoms with E-state index in [9.17, 15) is 19.2 Å². The van der Waals surface area contributed by atoms with Crippen LogP contribution in [0.3, 0.4) is 0 Å². The van der Waals surface area contributed by atoms with Gasteiger partial charge in [0.2, 0.25) is 0 Å². The van der Waals surface area contributed by atoms with Gasteiger partial charge >= 0.3 is 11.6 Å². The van der Waals surface area contributed by atoms with E-state index in [0.29, 0.717) is 26.9 Å². The van der Waals surface area contributed by atoms with Crippen LogP contribution >= 0.6 is 11.8 Å². The fourth-order valence-electron chi connectivity index (χ4n) is 2.88. The summed E-state index contributed by atoms with van der Waals surface area (Å²) in [4.78, 5) is 56.8. The second-order valence-electron chi connectivity index (χ2n) is 6.25. The third-order valence-corrected chi connectivity index (χ3v) is 4.96. The van der Waals surface area contributed by atoms with Crippen molar-refractivity contribution in [3.8, 4) is 6.19 Å². The highest BCUT2D eigenvalue weighted by Gasteiger charge is 2.33. The number of nitrogens with one attached hydrogen (secondary N) is 1. The number of hydrogen-bond acceptors (Lipinski definition) is 9. The van der Waals surface area contributed by atoms with Crippen molar-refractivity contribution in [2.75, 3.05) is 6.26 Å². The van der Waals surface area contributed by atoms with Crippen molar-refractivity contribution in [1.29, 1.82) is 5.26 Å². The lowest BCUT2D eigenvalue weighted by molar-refractivity contribution is -0.197. The summed E-state index contributed by atoms with van der Waals surface area (Å²) >= 11 is 1.24. The third-order valence-electron chi connectivity index (χ3n) is 4.38. The minimum absolute atomic E-state index is 0.0176. The number of nitriles is 1. The number of thioether (sulfide) groups is 1. The van der Waals surface area contributed by atoms with Crippen LogP contribution in [-0.2, 0) is 25.6 Å². The second kappa shape index (κ2) is 8.79. The number of nitrogens with zero attached hydrogens (tertiary/aromatic N) is 3. The number of amidine groups is 1. The molecule has 1 aromatic carbocycles. The Hall–Kier alpha value is -3.65. The van der Waals surface area contributed by atoms with Gasteiger partial charge in [0.1, 0.15) is 5.58 Å². The third kappa shape index (κ3) is 4.33. The molecule has 1 saturated heterocycles. The molecule has 2 amide bonds. The molecule has 11 heteroatoms. The molecule has 0 radical (unpaired) electrons. The van der Waals surface area contributed by atoms with Crippen LogP contribution in [0.5, 0.6) is 0 Å². The summed E-state index contributed by atoms with van der Waals surface area (Å²) in [5, 5.41) is 12.6. The van der Waals surface area contributed by atoms with Crippen molar-refractivity contribution in [2.24, 2.45) is 4.99 Å². The van der Waals surface area contributed by atoms with Gasteiger partial charge in [-0.2, -0.15) is 5.26 Å². The highest BCUT2D eigenvalue weighted by atomic mass is 32.2. The molecule has 1 fully saturated rings. The molecule has 0 unspecified atom stereocenters. The lowest BCUT2D eigenvalue weighted by Gasteiger charge is -2.13. The molecule has 1 N–H and O–H groups in total. The van der Waals surface area contributed by atoms with E-state index in [1.54, 1.807) is 37.6 Å². The van der Waals surface area contributed by atoms with Gasteiger partial charge in [0, 0.05) is 24.3 Å². The van der Waals surface area contributed by atoms with Gasteiger partial charge in [0.25, 0.3) is 11.8 Å². The number of benzene rings is 1. The van der Waals surface area contributed by atoms with E-state index in [0.717, 1.165) is 0 Å². The smallest absolute Gasteiger partial charge is 0.340 e. The van der Waals surface area contributed by atoms with Gasteiger partial charge in [0.15, 0.2) is 11.4 Å². The monoisotopic (exact) mass is 428 g/mol. The molecule has 2 aromatic rings. The Balaban J connectivity index is 1.88. The summed E-state index contributed by atoms with van der Waals surface area (Å²) in [6.45, 7) is 1.65. The van der Waals surface area contributed by atoms with Crippen molar-refractivity contribution in [1.82, 2.24) is 10.4 Å². The lowest BCUT2D eigenvalue weighted by atomic mass is 10.0. The lowest BCUT2D eigenvalue weighted by Crippen LogP contribution is -2.33. The fourth-order valence-corrected chi connectivity index (χ4v) is 3.23. The van der Waals surface area contributed by atoms with Gasteiger partial charge in [-0.1, -0.05) is 11.8 Å². The average Bonchev–Trinajstić information content (AvgIpc) is 3.02. The van der Waals surface area contributed by atoms with E-state index >= 15 is 0 Å². The normalized spacial score (nSPS) is 14.2. The zero-order chi connectivity index (χ0) is 21.8. The predicted molar refractivity (Wildman–Crippen MR) is 107 cm³/mol. The predicted octanol–water partition coefficient (Wildman–Crippen LogP) is 1.67. The van der Waals surface area contributed by atoms with Gasteiger partial charge < -0.3 is 9.25 Å². The zero-order valence-corrected chi connectivity index (χ0v) is 16.9. The summed E-state index contributed by atoms with van der Waals surface area (Å²) in [5.74, 6) is -2.11. The molecule has 2 heterocycles. The summed E-state index contributed by atoms with van der Waals surface area (Å²) < 4.78 is 5.33. The van der Waals surface area contributed by atoms with E-state index in [1.165, 1.54) is 11.8 Å². The molecule has 1 aliphatic rings. The van der Waals surface area contributed by atoms with E-state index in [-0.39, 0.29) is 24.0 Å². The number of fused-ring (bicyclic) bond motifs is 1. The quantitative estimate of drug-likeness (QED) is 0.192. The molecular formula is C19H16N4O6S. The Morgan fingerprint density at radius 2 is 2.03 bits per heavy atom. The largest absolute Gasteiger partial charge is 0.422 e. The van der Waals surface area contributed by atoms with Crippen LogP contribution in [0.25, 0.3) is 11.0 Å². The number of aliphatic imine (C=N–C) groups is 1. The van der Waals surface area contributed by atoms with Crippen LogP contribution in [0.2, 0.25) is 0 Å². The Morgan fingerprint density at radius 1 is 1.33 bits per heavy atom. The zero-order valence-electron chi connectivity index (χ0n) is 16.1. The molecule has 0 saturated carbocycles. The van der Waals surface area contributed by atoms with Crippen LogP contribution < -0.4 is 10.9 Å². The molecule has 0 spiro atoms. The number of imide groups is 1. The molecule has 1 aliphatic heterocycles. The maximum Gasteiger partial charge on any atom is 0.340 e. The molecule has 0 aliphatic carbocycles. The van der Waals surface area contributed by atoms with Crippen molar-refractivity contribution >= 4 is 51.4 Å². The van der Waals surface area contributed by atoms with Gasteiger partial charge in [-0.3, -0.25) is 14.9 Å². The maximum absolute atomic E-state index is 12.4. The van der Waals surface area contributed by atoms with Crippen LogP contribution in [0.15, 0.2) is 32.4 Å². The summed E-state index contributed by atoms with van der Waals surface area (Å²) in [5.41, 5.74) is 0.567. The first-order chi connectivity index (χ1) is 14.3. The summed E-state index contributed by atoms with van der Waals surface area (Å²) in [6.07, 6.45) is 3.05. The highest BCUT2D eigenvalue weighted by Crippen LogP contribution is 2.25. The van der Waals surface area contributed by atoms with E-state index in [1.807, 2.05) is 0 Å². The van der Waals surface area contributed by atoms with Crippen molar-refractivity contribution < 1.29 is 23.6 Å². The molecule has 154 valence electrons. The number of aryl methyl sites for hydroxylation is 1. The molecule has 1 aromatic heterocycles. The van der Waals surface area contributed by atoms with Gasteiger partial charge in [-0.05, 0) is 30.9 Å². The molecule has 0 bridgehead atoms. The van der Waals surface area contributed by atoms with Crippen LogP contribution in [0.4, 0.5) is 5.69 Å². The summed E-state index contributed by atoms with van der Waals surface area (Å²) in [6, 6.07) is 4.90. The van der Waals surface area contributed by atoms with Gasteiger partial charge in [0.05, 0.1) is 17.7 Å². The number of carbonyl (C=O) groups is 3. The van der Waals surface area contributed by atoms with Crippen LogP contribution in [0, 0.1) is 18.4 Å². The molecule has 3 rings (SSSR count). The number of hydroxylamine groups is 2. The van der Waals surface area contributed by atoms with E-state index < -0.39 is 29.8 Å². The second-order valence-corrected chi connectivity index (χ2v) is 7.05. The molecule has 10 nitrogen and oxygen atoms in total. The van der Waals surface area contributed by atoms with Gasteiger partial charge in [-0.25, -0.2) is 14.6 Å². The first kappa shape index (κ1) is 21.1. The van der Waals surface area contributed by atoms with Crippen molar-refractivity contribution in [3.05, 3.63) is 39.7 Å².